The molecule has 8 heteroatoms. The highest BCUT2D eigenvalue weighted by Crippen LogP contribution is 2.33. The summed E-state index contributed by atoms with van der Waals surface area (Å²) in [7, 11) is 0. The first-order valence-corrected chi connectivity index (χ1v) is 10.8. The predicted octanol–water partition coefficient (Wildman–Crippen LogP) is 3.62. The summed E-state index contributed by atoms with van der Waals surface area (Å²) in [5.74, 6) is 1.46. The SMILES string of the molecule is CCCCc1nn(C2CC2)c(=O)n1Cc1ccc(-c2ccccc2-c2nn[nH]n2)cc1. The Balaban J connectivity index is 1.43. The van der Waals surface area contributed by atoms with Crippen LogP contribution in [0.25, 0.3) is 22.5 Å². The van der Waals surface area contributed by atoms with Gasteiger partial charge in [-0.2, -0.15) is 10.3 Å². The minimum atomic E-state index is 0.0140. The van der Waals surface area contributed by atoms with Crippen molar-refractivity contribution in [2.75, 3.05) is 0 Å². The molecule has 1 N–H and O–H groups in total. The largest absolute Gasteiger partial charge is 0.346 e. The van der Waals surface area contributed by atoms with Crippen LogP contribution < -0.4 is 5.69 Å². The van der Waals surface area contributed by atoms with Gasteiger partial charge in [0.1, 0.15) is 5.82 Å². The second kappa shape index (κ2) is 8.29. The van der Waals surface area contributed by atoms with Crippen LogP contribution in [0.4, 0.5) is 0 Å². The fraction of sp³-hybridized carbons (Fsp3) is 0.348. The van der Waals surface area contributed by atoms with E-state index in [4.69, 9.17) is 0 Å². The molecule has 0 spiro atoms. The quantitative estimate of drug-likeness (QED) is 0.474. The Labute approximate surface area is 179 Å². The van der Waals surface area contributed by atoms with E-state index in [-0.39, 0.29) is 11.7 Å². The van der Waals surface area contributed by atoms with Crippen LogP contribution in [0, 0.1) is 0 Å². The lowest BCUT2D eigenvalue weighted by atomic mass is 9.98. The minimum absolute atomic E-state index is 0.0140. The Morgan fingerprint density at radius 1 is 1.06 bits per heavy atom. The van der Waals surface area contributed by atoms with E-state index in [2.05, 4.69) is 56.9 Å². The number of hydrogen-bond donors (Lipinski definition) is 1. The zero-order valence-electron chi connectivity index (χ0n) is 17.5. The van der Waals surface area contributed by atoms with Gasteiger partial charge < -0.3 is 0 Å². The number of aromatic amines is 1. The van der Waals surface area contributed by atoms with Crippen LogP contribution in [-0.4, -0.2) is 35.0 Å². The molecule has 2 aromatic heterocycles. The highest BCUT2D eigenvalue weighted by Gasteiger charge is 2.28. The molecule has 1 aliphatic rings. The summed E-state index contributed by atoms with van der Waals surface area (Å²) in [5.41, 5.74) is 4.12. The number of aryl methyl sites for hydroxylation is 1. The predicted molar refractivity (Wildman–Crippen MR) is 118 cm³/mol. The number of nitrogens with one attached hydrogen (secondary N) is 1. The standard InChI is InChI=1S/C23H25N7O/c1-2-3-8-21-26-30(18-13-14-18)23(31)29(21)15-16-9-11-17(12-10-16)19-6-4-5-7-20(19)22-24-27-28-25-22/h4-7,9-12,18H,2-3,8,13-15H2,1H3,(H,24,25,27,28). The van der Waals surface area contributed by atoms with E-state index in [9.17, 15) is 4.79 Å². The fourth-order valence-corrected chi connectivity index (χ4v) is 3.87. The van der Waals surface area contributed by atoms with E-state index in [1.807, 2.05) is 28.8 Å². The van der Waals surface area contributed by atoms with Crippen LogP contribution in [0.2, 0.25) is 0 Å². The van der Waals surface area contributed by atoms with Crippen molar-refractivity contribution in [2.45, 2.75) is 51.6 Å². The first-order chi connectivity index (χ1) is 15.2. The van der Waals surface area contributed by atoms with Gasteiger partial charge in [0.2, 0.25) is 5.82 Å². The van der Waals surface area contributed by atoms with E-state index in [1.165, 1.54) is 0 Å². The normalized spacial score (nSPS) is 13.6. The minimum Gasteiger partial charge on any atom is -0.274 e. The Hall–Kier alpha value is -3.55. The lowest BCUT2D eigenvalue weighted by Crippen LogP contribution is -2.25. The van der Waals surface area contributed by atoms with E-state index >= 15 is 0 Å². The maximum absolute atomic E-state index is 12.9. The molecule has 2 aromatic carbocycles. The number of H-pyrrole nitrogens is 1. The summed E-state index contributed by atoms with van der Waals surface area (Å²) in [6.07, 6.45) is 5.06. The highest BCUT2D eigenvalue weighted by atomic mass is 16.2. The van der Waals surface area contributed by atoms with Gasteiger partial charge in [-0.3, -0.25) is 4.57 Å². The van der Waals surface area contributed by atoms with Crippen molar-refractivity contribution in [2.24, 2.45) is 0 Å². The molecule has 0 saturated heterocycles. The molecule has 158 valence electrons. The monoisotopic (exact) mass is 415 g/mol. The molecule has 4 aromatic rings. The van der Waals surface area contributed by atoms with E-state index in [1.54, 1.807) is 4.68 Å². The molecular formula is C23H25N7O. The fourth-order valence-electron chi connectivity index (χ4n) is 3.87. The molecule has 8 nitrogen and oxygen atoms in total. The Morgan fingerprint density at radius 3 is 2.52 bits per heavy atom. The molecule has 0 unspecified atom stereocenters. The zero-order chi connectivity index (χ0) is 21.2. The lowest BCUT2D eigenvalue weighted by Gasteiger charge is -2.09. The summed E-state index contributed by atoms with van der Waals surface area (Å²) >= 11 is 0. The maximum Gasteiger partial charge on any atom is 0.346 e. The topological polar surface area (TPSA) is 94.3 Å². The number of tetrazole rings is 1. The van der Waals surface area contributed by atoms with Gasteiger partial charge in [0, 0.05) is 12.0 Å². The summed E-state index contributed by atoms with van der Waals surface area (Å²) < 4.78 is 3.54. The number of rotatable bonds is 8. The average molecular weight is 416 g/mol. The Bertz CT molecular complexity index is 1220. The van der Waals surface area contributed by atoms with E-state index in [0.29, 0.717) is 12.4 Å². The first-order valence-electron chi connectivity index (χ1n) is 10.8. The van der Waals surface area contributed by atoms with Crippen LogP contribution in [0.15, 0.2) is 53.3 Å². The van der Waals surface area contributed by atoms with Crippen LogP contribution in [-0.2, 0) is 13.0 Å². The molecule has 0 radical (unpaired) electrons. The van der Waals surface area contributed by atoms with Crippen molar-refractivity contribution in [3.8, 4) is 22.5 Å². The van der Waals surface area contributed by atoms with Gasteiger partial charge in [-0.1, -0.05) is 61.9 Å². The summed E-state index contributed by atoms with van der Waals surface area (Å²) in [4.78, 5) is 12.9. The van der Waals surface area contributed by atoms with Gasteiger partial charge in [-0.05, 0) is 41.2 Å². The molecule has 1 saturated carbocycles. The molecule has 1 aliphatic carbocycles. The van der Waals surface area contributed by atoms with Gasteiger partial charge in [-0.15, -0.1) is 10.2 Å². The molecule has 31 heavy (non-hydrogen) atoms. The molecule has 2 heterocycles. The third-order valence-corrected chi connectivity index (χ3v) is 5.73. The highest BCUT2D eigenvalue weighted by molar-refractivity contribution is 5.80. The van der Waals surface area contributed by atoms with Crippen molar-refractivity contribution < 1.29 is 0 Å². The second-order valence-corrected chi connectivity index (χ2v) is 8.04. The van der Waals surface area contributed by atoms with Gasteiger partial charge in [0.05, 0.1) is 12.6 Å². The molecule has 0 aliphatic heterocycles. The van der Waals surface area contributed by atoms with Crippen LogP contribution >= 0.6 is 0 Å². The van der Waals surface area contributed by atoms with Gasteiger partial charge >= 0.3 is 5.69 Å². The van der Waals surface area contributed by atoms with Crippen molar-refractivity contribution in [1.29, 1.82) is 0 Å². The average Bonchev–Trinajstić information content (AvgIpc) is 3.40. The van der Waals surface area contributed by atoms with Crippen LogP contribution in [0.1, 0.15) is 50.0 Å². The number of aromatic nitrogens is 7. The first kappa shape index (κ1) is 19.4. The van der Waals surface area contributed by atoms with Crippen LogP contribution in [0.3, 0.4) is 0 Å². The Kier molecular flexibility index (Phi) is 5.19. The van der Waals surface area contributed by atoms with Crippen molar-refractivity contribution in [3.05, 3.63) is 70.4 Å². The maximum atomic E-state index is 12.9. The van der Waals surface area contributed by atoms with Crippen molar-refractivity contribution in [1.82, 2.24) is 35.0 Å². The van der Waals surface area contributed by atoms with Crippen molar-refractivity contribution >= 4 is 0 Å². The Morgan fingerprint density at radius 2 is 1.84 bits per heavy atom. The summed E-state index contributed by atoms with van der Waals surface area (Å²) in [6, 6.07) is 16.6. The second-order valence-electron chi connectivity index (χ2n) is 8.04. The third kappa shape index (κ3) is 3.93. The smallest absolute Gasteiger partial charge is 0.274 e. The molecular weight excluding hydrogens is 390 g/mol. The molecule has 1 fully saturated rings. The zero-order valence-corrected chi connectivity index (χ0v) is 17.5. The number of benzene rings is 2. The van der Waals surface area contributed by atoms with Crippen molar-refractivity contribution in [3.63, 3.8) is 0 Å². The van der Waals surface area contributed by atoms with E-state index in [0.717, 1.165) is 60.2 Å². The van der Waals surface area contributed by atoms with E-state index < -0.39 is 0 Å². The number of hydrogen-bond acceptors (Lipinski definition) is 5. The molecule has 0 bridgehead atoms. The summed E-state index contributed by atoms with van der Waals surface area (Å²) in [6.45, 7) is 2.70. The molecule has 0 atom stereocenters. The van der Waals surface area contributed by atoms with Gasteiger partial charge in [-0.25, -0.2) is 9.48 Å². The number of nitrogens with zero attached hydrogens (tertiary/aromatic N) is 6. The molecule has 5 rings (SSSR count). The van der Waals surface area contributed by atoms with Gasteiger partial charge in [0.15, 0.2) is 0 Å². The lowest BCUT2D eigenvalue weighted by molar-refractivity contribution is 0.599. The van der Waals surface area contributed by atoms with Crippen LogP contribution in [0.5, 0.6) is 0 Å². The number of unbranched alkanes of at least 4 members (excludes halogenated alkanes) is 1. The summed E-state index contributed by atoms with van der Waals surface area (Å²) in [5, 5.41) is 19.1. The van der Waals surface area contributed by atoms with Gasteiger partial charge in [0.25, 0.3) is 0 Å². The third-order valence-electron chi connectivity index (χ3n) is 5.73. The molecule has 0 amide bonds.